The molecule has 0 aliphatic carbocycles. The summed E-state index contributed by atoms with van der Waals surface area (Å²) in [7, 11) is -2.91. The lowest BCUT2D eigenvalue weighted by molar-refractivity contribution is 0.0697. The van der Waals surface area contributed by atoms with Crippen LogP contribution in [0.1, 0.15) is 22.3 Å². The van der Waals surface area contributed by atoms with E-state index in [0.29, 0.717) is 6.42 Å². The number of benzene rings is 1. The Balaban J connectivity index is 2.03. The van der Waals surface area contributed by atoms with Crippen LogP contribution in [0.4, 0.5) is 0 Å². The topological polar surface area (TPSA) is 83.8 Å². The van der Waals surface area contributed by atoms with Gasteiger partial charge in [-0.3, -0.25) is 4.99 Å². The van der Waals surface area contributed by atoms with Gasteiger partial charge in [0.2, 0.25) is 0 Å². The quantitative estimate of drug-likeness (QED) is 0.828. The molecule has 1 aliphatic rings. The average Bonchev–Trinajstić information content (AvgIpc) is 2.67. The largest absolute Gasteiger partial charge is 0.478 e. The maximum Gasteiger partial charge on any atom is 0.335 e. The van der Waals surface area contributed by atoms with Crippen LogP contribution >= 0.6 is 0 Å². The molecule has 0 bridgehead atoms. The fraction of sp³-hybridized carbons (Fsp3) is 0.333. The van der Waals surface area contributed by atoms with Gasteiger partial charge < -0.3 is 5.11 Å². The van der Waals surface area contributed by atoms with E-state index < -0.39 is 15.8 Å². The zero-order valence-electron chi connectivity index (χ0n) is 9.61. The summed E-state index contributed by atoms with van der Waals surface area (Å²) in [6.07, 6.45) is 2.16. The second-order valence-electron chi connectivity index (χ2n) is 4.26. The van der Waals surface area contributed by atoms with Gasteiger partial charge in [0.1, 0.15) is 0 Å². The molecule has 0 radical (unpaired) electrons. The van der Waals surface area contributed by atoms with Gasteiger partial charge in [0.05, 0.1) is 23.1 Å². The Bertz CT molecular complexity index is 575. The van der Waals surface area contributed by atoms with Crippen LogP contribution in [0.3, 0.4) is 0 Å². The lowest BCUT2D eigenvalue weighted by atomic mass is 10.1. The maximum absolute atomic E-state index is 11.2. The van der Waals surface area contributed by atoms with Crippen molar-refractivity contribution < 1.29 is 18.3 Å². The fourth-order valence-electron chi connectivity index (χ4n) is 1.80. The smallest absolute Gasteiger partial charge is 0.335 e. The Labute approximate surface area is 105 Å². The lowest BCUT2D eigenvalue weighted by Gasteiger charge is -2.00. The molecule has 18 heavy (non-hydrogen) atoms. The van der Waals surface area contributed by atoms with Crippen LogP contribution in [0.25, 0.3) is 0 Å². The Morgan fingerprint density at radius 1 is 1.33 bits per heavy atom. The number of rotatable bonds is 3. The van der Waals surface area contributed by atoms with Crippen LogP contribution in [0.5, 0.6) is 0 Å². The third kappa shape index (κ3) is 3.16. The van der Waals surface area contributed by atoms with Crippen molar-refractivity contribution in [2.45, 2.75) is 12.5 Å². The molecule has 96 valence electrons. The van der Waals surface area contributed by atoms with Crippen LogP contribution in [-0.4, -0.2) is 43.3 Å². The number of carboxylic acids is 1. The van der Waals surface area contributed by atoms with Gasteiger partial charge in [0.25, 0.3) is 0 Å². The first-order valence-electron chi connectivity index (χ1n) is 5.53. The van der Waals surface area contributed by atoms with E-state index in [1.54, 1.807) is 18.3 Å². The summed E-state index contributed by atoms with van der Waals surface area (Å²) in [5, 5.41) is 8.74. The van der Waals surface area contributed by atoms with Gasteiger partial charge in [-0.05, 0) is 24.1 Å². The van der Waals surface area contributed by atoms with E-state index in [-0.39, 0.29) is 23.1 Å². The van der Waals surface area contributed by atoms with E-state index in [2.05, 4.69) is 4.99 Å². The number of nitrogens with zero attached hydrogens (tertiary/aromatic N) is 1. The van der Waals surface area contributed by atoms with Gasteiger partial charge in [-0.25, -0.2) is 13.2 Å². The molecule has 0 saturated carbocycles. The molecule has 0 aromatic heterocycles. The first-order valence-corrected chi connectivity index (χ1v) is 7.35. The molecule has 5 nitrogen and oxygen atoms in total. The Kier molecular flexibility index (Phi) is 3.47. The van der Waals surface area contributed by atoms with E-state index in [0.717, 1.165) is 5.56 Å². The van der Waals surface area contributed by atoms with Gasteiger partial charge >= 0.3 is 5.97 Å². The SMILES string of the molecule is O=C(O)c1ccc(C=N[C@@H]2CCS(=O)(=O)C2)cc1. The fourth-order valence-corrected chi connectivity index (χ4v) is 3.43. The van der Waals surface area contributed by atoms with Gasteiger partial charge in [0, 0.05) is 6.21 Å². The van der Waals surface area contributed by atoms with Crippen LogP contribution in [0, 0.1) is 0 Å². The highest BCUT2D eigenvalue weighted by molar-refractivity contribution is 7.91. The van der Waals surface area contributed by atoms with Crippen LogP contribution < -0.4 is 0 Å². The molecule has 6 heteroatoms. The summed E-state index contributed by atoms with van der Waals surface area (Å²) in [4.78, 5) is 14.9. The first-order chi connectivity index (χ1) is 8.46. The molecule has 1 N–H and O–H groups in total. The monoisotopic (exact) mass is 267 g/mol. The molecular weight excluding hydrogens is 254 g/mol. The highest BCUT2D eigenvalue weighted by atomic mass is 32.2. The van der Waals surface area contributed by atoms with Crippen LogP contribution in [-0.2, 0) is 9.84 Å². The third-order valence-electron chi connectivity index (χ3n) is 2.80. The minimum absolute atomic E-state index is 0.108. The number of carbonyl (C=O) groups is 1. The van der Waals surface area contributed by atoms with E-state index in [9.17, 15) is 13.2 Å². The summed E-state index contributed by atoms with van der Waals surface area (Å²) < 4.78 is 22.5. The highest BCUT2D eigenvalue weighted by Crippen LogP contribution is 2.14. The summed E-state index contributed by atoms with van der Waals surface area (Å²) in [6.45, 7) is 0. The van der Waals surface area contributed by atoms with Crippen LogP contribution in [0.15, 0.2) is 29.3 Å². The minimum Gasteiger partial charge on any atom is -0.478 e. The summed E-state index contributed by atoms with van der Waals surface area (Å²) in [5.74, 6) is -0.663. The van der Waals surface area contributed by atoms with Gasteiger partial charge in [0.15, 0.2) is 9.84 Å². The second-order valence-corrected chi connectivity index (χ2v) is 6.49. The Morgan fingerprint density at radius 3 is 2.50 bits per heavy atom. The summed E-state index contributed by atoms with van der Waals surface area (Å²) in [6, 6.07) is 6.12. The maximum atomic E-state index is 11.2. The number of hydrogen-bond acceptors (Lipinski definition) is 4. The number of aromatic carboxylic acids is 1. The Hall–Kier alpha value is -1.69. The molecule has 2 rings (SSSR count). The highest BCUT2D eigenvalue weighted by Gasteiger charge is 2.26. The van der Waals surface area contributed by atoms with E-state index in [1.165, 1.54) is 12.1 Å². The molecule has 0 spiro atoms. The predicted molar refractivity (Wildman–Crippen MR) is 68.1 cm³/mol. The van der Waals surface area contributed by atoms with Crippen molar-refractivity contribution in [1.82, 2.24) is 0 Å². The third-order valence-corrected chi connectivity index (χ3v) is 4.55. The molecule has 1 fully saturated rings. The minimum atomic E-state index is -2.91. The van der Waals surface area contributed by atoms with Crippen molar-refractivity contribution >= 4 is 22.0 Å². The zero-order chi connectivity index (χ0) is 13.2. The number of hydrogen-bond donors (Lipinski definition) is 1. The molecule has 0 amide bonds. The van der Waals surface area contributed by atoms with Crippen molar-refractivity contribution in [2.24, 2.45) is 4.99 Å². The molecule has 1 aromatic carbocycles. The van der Waals surface area contributed by atoms with E-state index in [4.69, 9.17) is 5.11 Å². The summed E-state index contributed by atoms with van der Waals surface area (Å²) in [5.41, 5.74) is 0.986. The van der Waals surface area contributed by atoms with Crippen molar-refractivity contribution in [3.8, 4) is 0 Å². The normalized spacial score (nSPS) is 22.3. The van der Waals surface area contributed by atoms with E-state index >= 15 is 0 Å². The van der Waals surface area contributed by atoms with Gasteiger partial charge in [-0.15, -0.1) is 0 Å². The van der Waals surface area contributed by atoms with Crippen LogP contribution in [0.2, 0.25) is 0 Å². The number of sulfone groups is 1. The van der Waals surface area contributed by atoms with Gasteiger partial charge in [-0.1, -0.05) is 12.1 Å². The average molecular weight is 267 g/mol. The molecule has 0 unspecified atom stereocenters. The van der Waals surface area contributed by atoms with Crippen molar-refractivity contribution in [2.75, 3.05) is 11.5 Å². The molecule has 1 saturated heterocycles. The second kappa shape index (κ2) is 4.89. The lowest BCUT2D eigenvalue weighted by Crippen LogP contribution is -2.07. The predicted octanol–water partition coefficient (Wildman–Crippen LogP) is 0.991. The van der Waals surface area contributed by atoms with Crippen molar-refractivity contribution in [3.63, 3.8) is 0 Å². The zero-order valence-corrected chi connectivity index (χ0v) is 10.4. The molecular formula is C12H13NO4S. The van der Waals surface area contributed by atoms with Crippen molar-refractivity contribution in [3.05, 3.63) is 35.4 Å². The molecule has 1 heterocycles. The molecule has 1 aromatic rings. The number of aliphatic imine (C=N–C) groups is 1. The Morgan fingerprint density at radius 2 is 2.00 bits per heavy atom. The molecule has 1 aliphatic heterocycles. The summed E-state index contributed by atoms with van der Waals surface area (Å²) >= 11 is 0. The van der Waals surface area contributed by atoms with E-state index in [1.807, 2.05) is 0 Å². The standard InChI is InChI=1S/C12H13NO4S/c14-12(15)10-3-1-9(2-4-10)7-13-11-5-6-18(16,17)8-11/h1-4,7,11H,5-6,8H2,(H,14,15)/t11-/m1/s1. The van der Waals surface area contributed by atoms with Crippen molar-refractivity contribution in [1.29, 1.82) is 0 Å². The number of carboxylic acid groups (broad SMARTS) is 1. The van der Waals surface area contributed by atoms with Gasteiger partial charge in [-0.2, -0.15) is 0 Å². The molecule has 1 atom stereocenters. The first kappa shape index (κ1) is 12.8.